The maximum Gasteiger partial charge on any atom is 0.230 e. The standard InChI is InChI=1S/C20H24N2O3S/c1-22(16-6-3-2-4-7-16)11-5-10-21-20(23)15-26-17-8-9-18-19(14-17)25-13-12-24-18/h2-4,6-9,14H,5,10-13,15H2,1H3,(H,21,23). The minimum absolute atomic E-state index is 0.0484. The number of benzene rings is 2. The van der Waals surface area contributed by atoms with Crippen LogP contribution in [0.3, 0.4) is 0 Å². The predicted molar refractivity (Wildman–Crippen MR) is 105 cm³/mol. The van der Waals surface area contributed by atoms with Crippen molar-refractivity contribution < 1.29 is 14.3 Å². The number of anilines is 1. The highest BCUT2D eigenvalue weighted by atomic mass is 32.2. The van der Waals surface area contributed by atoms with Crippen molar-refractivity contribution in [1.82, 2.24) is 5.32 Å². The van der Waals surface area contributed by atoms with Crippen molar-refractivity contribution in [2.24, 2.45) is 0 Å². The summed E-state index contributed by atoms with van der Waals surface area (Å²) in [4.78, 5) is 15.2. The number of carbonyl (C=O) groups excluding carboxylic acids is 1. The van der Waals surface area contributed by atoms with Crippen LogP contribution >= 0.6 is 11.8 Å². The van der Waals surface area contributed by atoms with Crippen LogP contribution in [0.4, 0.5) is 5.69 Å². The first-order chi connectivity index (χ1) is 12.7. The highest BCUT2D eigenvalue weighted by Gasteiger charge is 2.12. The van der Waals surface area contributed by atoms with Crippen molar-refractivity contribution in [3.63, 3.8) is 0 Å². The molecule has 0 spiro atoms. The smallest absolute Gasteiger partial charge is 0.230 e. The summed E-state index contributed by atoms with van der Waals surface area (Å²) >= 11 is 1.50. The van der Waals surface area contributed by atoms with Gasteiger partial charge in [0.05, 0.1) is 5.75 Å². The van der Waals surface area contributed by atoms with Crippen molar-refractivity contribution in [3.8, 4) is 11.5 Å². The number of amides is 1. The van der Waals surface area contributed by atoms with Gasteiger partial charge in [0.15, 0.2) is 11.5 Å². The summed E-state index contributed by atoms with van der Waals surface area (Å²) in [5.41, 5.74) is 1.19. The van der Waals surface area contributed by atoms with E-state index in [-0.39, 0.29) is 5.91 Å². The number of hydrogen-bond acceptors (Lipinski definition) is 5. The van der Waals surface area contributed by atoms with Crippen LogP contribution in [0.5, 0.6) is 11.5 Å². The number of nitrogens with one attached hydrogen (secondary N) is 1. The molecule has 0 aromatic heterocycles. The molecule has 1 aliphatic rings. The van der Waals surface area contributed by atoms with Gasteiger partial charge in [0.2, 0.25) is 5.91 Å². The highest BCUT2D eigenvalue weighted by Crippen LogP contribution is 2.34. The van der Waals surface area contributed by atoms with Gasteiger partial charge < -0.3 is 19.7 Å². The minimum Gasteiger partial charge on any atom is -0.486 e. The highest BCUT2D eigenvalue weighted by molar-refractivity contribution is 8.00. The molecular formula is C20H24N2O3S. The Morgan fingerprint density at radius 2 is 1.88 bits per heavy atom. The molecule has 1 amide bonds. The fraction of sp³-hybridized carbons (Fsp3) is 0.350. The second-order valence-electron chi connectivity index (χ2n) is 6.05. The normalized spacial score (nSPS) is 12.5. The van der Waals surface area contributed by atoms with Gasteiger partial charge in [0, 0.05) is 30.7 Å². The van der Waals surface area contributed by atoms with Crippen LogP contribution in [0.15, 0.2) is 53.4 Å². The van der Waals surface area contributed by atoms with Gasteiger partial charge in [-0.05, 0) is 36.8 Å². The van der Waals surface area contributed by atoms with Gasteiger partial charge in [0.1, 0.15) is 13.2 Å². The molecule has 1 N–H and O–H groups in total. The van der Waals surface area contributed by atoms with Crippen LogP contribution in [0.1, 0.15) is 6.42 Å². The zero-order chi connectivity index (χ0) is 18.2. The Labute approximate surface area is 158 Å². The Balaban J connectivity index is 1.34. The lowest BCUT2D eigenvalue weighted by Gasteiger charge is -2.19. The van der Waals surface area contributed by atoms with E-state index in [1.165, 1.54) is 17.4 Å². The molecular weight excluding hydrogens is 348 g/mol. The fourth-order valence-corrected chi connectivity index (χ4v) is 3.42. The first kappa shape index (κ1) is 18.5. The van der Waals surface area contributed by atoms with Gasteiger partial charge in [-0.15, -0.1) is 11.8 Å². The average molecular weight is 372 g/mol. The van der Waals surface area contributed by atoms with E-state index in [0.717, 1.165) is 29.4 Å². The average Bonchev–Trinajstić information content (AvgIpc) is 2.70. The SMILES string of the molecule is CN(CCCNC(=O)CSc1ccc2c(c1)OCCO2)c1ccccc1. The van der Waals surface area contributed by atoms with Gasteiger partial charge in [0.25, 0.3) is 0 Å². The second-order valence-corrected chi connectivity index (χ2v) is 7.10. The summed E-state index contributed by atoms with van der Waals surface area (Å²) in [6, 6.07) is 16.0. The summed E-state index contributed by atoms with van der Waals surface area (Å²) in [7, 11) is 2.06. The number of ether oxygens (including phenoxy) is 2. The number of nitrogens with zero attached hydrogens (tertiary/aromatic N) is 1. The molecule has 0 atom stereocenters. The molecule has 2 aromatic rings. The van der Waals surface area contributed by atoms with Crippen LogP contribution < -0.4 is 19.7 Å². The summed E-state index contributed by atoms with van der Waals surface area (Å²) in [5, 5.41) is 2.98. The predicted octanol–water partition coefficient (Wildman–Crippen LogP) is 3.19. The Kier molecular flexibility index (Phi) is 6.66. The summed E-state index contributed by atoms with van der Waals surface area (Å²) in [6.45, 7) is 2.73. The number of thioether (sulfide) groups is 1. The van der Waals surface area contributed by atoms with E-state index < -0.39 is 0 Å². The molecule has 1 heterocycles. The molecule has 0 fully saturated rings. The fourth-order valence-electron chi connectivity index (χ4n) is 2.67. The molecule has 5 nitrogen and oxygen atoms in total. The molecule has 2 aromatic carbocycles. The van der Waals surface area contributed by atoms with Crippen LogP contribution in [-0.4, -0.2) is 45.0 Å². The van der Waals surface area contributed by atoms with E-state index in [0.29, 0.717) is 25.5 Å². The molecule has 138 valence electrons. The molecule has 1 aliphatic heterocycles. The first-order valence-electron chi connectivity index (χ1n) is 8.78. The molecule has 0 radical (unpaired) electrons. The summed E-state index contributed by atoms with van der Waals surface area (Å²) in [5.74, 6) is 1.97. The zero-order valence-corrected chi connectivity index (χ0v) is 15.8. The topological polar surface area (TPSA) is 50.8 Å². The van der Waals surface area contributed by atoms with Gasteiger partial charge in [-0.25, -0.2) is 0 Å². The molecule has 3 rings (SSSR count). The molecule has 0 unspecified atom stereocenters. The Bertz CT molecular complexity index is 724. The third kappa shape index (κ3) is 5.33. The van der Waals surface area contributed by atoms with Crippen molar-refractivity contribution in [2.45, 2.75) is 11.3 Å². The lowest BCUT2D eigenvalue weighted by atomic mass is 10.3. The third-order valence-electron chi connectivity index (χ3n) is 4.07. The lowest BCUT2D eigenvalue weighted by molar-refractivity contribution is -0.118. The van der Waals surface area contributed by atoms with Crippen LogP contribution in [0.2, 0.25) is 0 Å². The Morgan fingerprint density at radius 3 is 2.69 bits per heavy atom. The Morgan fingerprint density at radius 1 is 1.12 bits per heavy atom. The van der Waals surface area contributed by atoms with Crippen LogP contribution in [0, 0.1) is 0 Å². The maximum atomic E-state index is 12.0. The van der Waals surface area contributed by atoms with E-state index in [4.69, 9.17) is 9.47 Å². The number of rotatable bonds is 8. The van der Waals surface area contributed by atoms with E-state index in [1.54, 1.807) is 0 Å². The van der Waals surface area contributed by atoms with E-state index in [1.807, 2.05) is 36.4 Å². The molecule has 0 aliphatic carbocycles. The Hall–Kier alpha value is -2.34. The number of fused-ring (bicyclic) bond motifs is 1. The maximum absolute atomic E-state index is 12.0. The second kappa shape index (κ2) is 9.38. The number of hydrogen-bond donors (Lipinski definition) is 1. The first-order valence-corrected chi connectivity index (χ1v) is 9.76. The molecule has 6 heteroatoms. The van der Waals surface area contributed by atoms with Gasteiger partial charge in [-0.1, -0.05) is 18.2 Å². The quantitative estimate of drug-likeness (QED) is 0.570. The largest absolute Gasteiger partial charge is 0.486 e. The van der Waals surface area contributed by atoms with Crippen molar-refractivity contribution in [1.29, 1.82) is 0 Å². The van der Waals surface area contributed by atoms with E-state index in [9.17, 15) is 4.79 Å². The van der Waals surface area contributed by atoms with Crippen LogP contribution in [-0.2, 0) is 4.79 Å². The van der Waals surface area contributed by atoms with Crippen molar-refractivity contribution in [2.75, 3.05) is 44.0 Å². The summed E-state index contributed by atoms with van der Waals surface area (Å²) in [6.07, 6.45) is 0.909. The van der Waals surface area contributed by atoms with E-state index in [2.05, 4.69) is 29.4 Å². The van der Waals surface area contributed by atoms with Crippen molar-refractivity contribution in [3.05, 3.63) is 48.5 Å². The van der Waals surface area contributed by atoms with Crippen LogP contribution in [0.25, 0.3) is 0 Å². The number of carbonyl (C=O) groups is 1. The number of para-hydroxylation sites is 1. The molecule has 0 bridgehead atoms. The van der Waals surface area contributed by atoms with Gasteiger partial charge >= 0.3 is 0 Å². The van der Waals surface area contributed by atoms with Crippen molar-refractivity contribution >= 4 is 23.4 Å². The molecule has 0 saturated carbocycles. The van der Waals surface area contributed by atoms with Gasteiger partial charge in [-0.2, -0.15) is 0 Å². The lowest BCUT2D eigenvalue weighted by Crippen LogP contribution is -2.29. The molecule has 26 heavy (non-hydrogen) atoms. The third-order valence-corrected chi connectivity index (χ3v) is 5.07. The monoisotopic (exact) mass is 372 g/mol. The van der Waals surface area contributed by atoms with Gasteiger partial charge in [-0.3, -0.25) is 4.79 Å². The molecule has 0 saturated heterocycles. The minimum atomic E-state index is 0.0484. The zero-order valence-electron chi connectivity index (χ0n) is 14.9. The summed E-state index contributed by atoms with van der Waals surface area (Å²) < 4.78 is 11.1. The van der Waals surface area contributed by atoms with E-state index >= 15 is 0 Å².